The van der Waals surface area contributed by atoms with Crippen molar-refractivity contribution in [2.45, 2.75) is 31.8 Å². The standard InChI is InChI=1S/C12H18N6O/c13-12-17-10(9-11(18-12)16-7-15-9)14-5-6-19-8-3-1-2-4-8/h7-8H,1-6H2,(H4,13,14,15,16,17,18). The van der Waals surface area contributed by atoms with Crippen LogP contribution in [0.25, 0.3) is 11.2 Å². The molecular formula is C12H18N6O. The molecule has 2 heterocycles. The van der Waals surface area contributed by atoms with Crippen LogP contribution < -0.4 is 11.1 Å². The maximum absolute atomic E-state index is 5.79. The third-order valence-corrected chi connectivity index (χ3v) is 3.35. The van der Waals surface area contributed by atoms with Gasteiger partial charge in [0.2, 0.25) is 5.95 Å². The second kappa shape index (κ2) is 5.40. The molecule has 1 aliphatic carbocycles. The molecule has 1 fully saturated rings. The van der Waals surface area contributed by atoms with Gasteiger partial charge in [-0.05, 0) is 12.8 Å². The third kappa shape index (κ3) is 2.76. The predicted octanol–water partition coefficient (Wildman–Crippen LogP) is 1.31. The molecule has 0 aliphatic heterocycles. The molecule has 0 radical (unpaired) electrons. The summed E-state index contributed by atoms with van der Waals surface area (Å²) in [7, 11) is 0. The topological polar surface area (TPSA) is 102 Å². The summed E-state index contributed by atoms with van der Waals surface area (Å²) in [4.78, 5) is 15.3. The van der Waals surface area contributed by atoms with Gasteiger partial charge in [0, 0.05) is 6.54 Å². The number of aromatic nitrogens is 4. The first-order valence-corrected chi connectivity index (χ1v) is 6.65. The highest BCUT2D eigenvalue weighted by atomic mass is 16.5. The van der Waals surface area contributed by atoms with Gasteiger partial charge in [-0.2, -0.15) is 9.97 Å². The Balaban J connectivity index is 1.57. The molecule has 0 aromatic carbocycles. The average Bonchev–Trinajstić information content (AvgIpc) is 3.04. The predicted molar refractivity (Wildman–Crippen MR) is 72.8 cm³/mol. The van der Waals surface area contributed by atoms with Crippen molar-refractivity contribution >= 4 is 22.9 Å². The Morgan fingerprint density at radius 1 is 1.37 bits per heavy atom. The van der Waals surface area contributed by atoms with Crippen LogP contribution in [-0.2, 0) is 4.74 Å². The number of ether oxygens (including phenoxy) is 1. The second-order valence-electron chi connectivity index (χ2n) is 4.74. The number of imidazole rings is 1. The number of hydrogen-bond donors (Lipinski definition) is 3. The van der Waals surface area contributed by atoms with Crippen LogP contribution >= 0.6 is 0 Å². The zero-order valence-electron chi connectivity index (χ0n) is 10.7. The summed E-state index contributed by atoms with van der Waals surface area (Å²) in [5, 5.41) is 3.21. The molecule has 102 valence electrons. The van der Waals surface area contributed by atoms with E-state index in [0.717, 1.165) is 5.52 Å². The van der Waals surface area contributed by atoms with E-state index in [9.17, 15) is 0 Å². The molecule has 0 bridgehead atoms. The molecule has 1 saturated carbocycles. The first-order chi connectivity index (χ1) is 9.33. The number of H-pyrrole nitrogens is 1. The van der Waals surface area contributed by atoms with Crippen LogP contribution in [0.3, 0.4) is 0 Å². The first-order valence-electron chi connectivity index (χ1n) is 6.65. The van der Waals surface area contributed by atoms with E-state index in [1.165, 1.54) is 25.7 Å². The molecule has 0 spiro atoms. The summed E-state index contributed by atoms with van der Waals surface area (Å²) >= 11 is 0. The fourth-order valence-electron chi connectivity index (χ4n) is 2.43. The second-order valence-corrected chi connectivity index (χ2v) is 4.74. The lowest BCUT2D eigenvalue weighted by Crippen LogP contribution is -2.16. The summed E-state index contributed by atoms with van der Waals surface area (Å²) in [6.45, 7) is 1.37. The summed E-state index contributed by atoms with van der Waals surface area (Å²) < 4.78 is 5.79. The minimum atomic E-state index is 0.221. The Bertz CT molecular complexity index is 548. The van der Waals surface area contributed by atoms with Crippen LogP contribution in [0.2, 0.25) is 0 Å². The smallest absolute Gasteiger partial charge is 0.224 e. The van der Waals surface area contributed by atoms with Gasteiger partial charge in [0.05, 0.1) is 19.0 Å². The molecule has 0 amide bonds. The number of nitrogen functional groups attached to an aromatic ring is 1. The molecule has 3 rings (SSSR count). The van der Waals surface area contributed by atoms with Crippen molar-refractivity contribution < 1.29 is 4.74 Å². The monoisotopic (exact) mass is 262 g/mol. The highest BCUT2D eigenvalue weighted by Crippen LogP contribution is 2.21. The van der Waals surface area contributed by atoms with Crippen LogP contribution in [0, 0.1) is 0 Å². The molecule has 19 heavy (non-hydrogen) atoms. The van der Waals surface area contributed by atoms with E-state index in [1.54, 1.807) is 6.33 Å². The number of rotatable bonds is 5. The maximum Gasteiger partial charge on any atom is 0.224 e. The van der Waals surface area contributed by atoms with Crippen LogP contribution in [0.5, 0.6) is 0 Å². The van der Waals surface area contributed by atoms with Crippen molar-refractivity contribution in [3.8, 4) is 0 Å². The van der Waals surface area contributed by atoms with Crippen LogP contribution in [0.4, 0.5) is 11.8 Å². The number of anilines is 2. The lowest BCUT2D eigenvalue weighted by Gasteiger charge is -2.12. The lowest BCUT2D eigenvalue weighted by atomic mass is 10.3. The number of nitrogens with one attached hydrogen (secondary N) is 2. The molecule has 0 unspecified atom stereocenters. The summed E-state index contributed by atoms with van der Waals surface area (Å²) in [6.07, 6.45) is 6.96. The van der Waals surface area contributed by atoms with Gasteiger partial charge in [-0.15, -0.1) is 0 Å². The molecule has 0 atom stereocenters. The molecule has 7 nitrogen and oxygen atoms in total. The average molecular weight is 262 g/mol. The van der Waals surface area contributed by atoms with Crippen molar-refractivity contribution in [3.05, 3.63) is 6.33 Å². The molecule has 0 saturated heterocycles. The Morgan fingerprint density at radius 3 is 3.05 bits per heavy atom. The summed E-state index contributed by atoms with van der Waals surface area (Å²) in [6, 6.07) is 0. The quantitative estimate of drug-likeness (QED) is 0.702. The van der Waals surface area contributed by atoms with Gasteiger partial charge >= 0.3 is 0 Å². The number of nitrogens with zero attached hydrogens (tertiary/aromatic N) is 3. The Hall–Kier alpha value is -1.89. The van der Waals surface area contributed by atoms with Crippen molar-refractivity contribution in [3.63, 3.8) is 0 Å². The van der Waals surface area contributed by atoms with E-state index in [1.807, 2.05) is 0 Å². The van der Waals surface area contributed by atoms with E-state index >= 15 is 0 Å². The molecular weight excluding hydrogens is 244 g/mol. The number of fused-ring (bicyclic) bond motifs is 1. The Morgan fingerprint density at radius 2 is 2.21 bits per heavy atom. The fraction of sp³-hybridized carbons (Fsp3) is 0.583. The Kier molecular flexibility index (Phi) is 3.45. The van der Waals surface area contributed by atoms with Gasteiger partial charge < -0.3 is 20.8 Å². The van der Waals surface area contributed by atoms with Gasteiger partial charge in [0.15, 0.2) is 11.5 Å². The van der Waals surface area contributed by atoms with E-state index in [-0.39, 0.29) is 5.95 Å². The van der Waals surface area contributed by atoms with Gasteiger partial charge in [0.25, 0.3) is 0 Å². The fourth-order valence-corrected chi connectivity index (χ4v) is 2.43. The van der Waals surface area contributed by atoms with E-state index in [2.05, 4.69) is 25.3 Å². The van der Waals surface area contributed by atoms with Crippen molar-refractivity contribution in [2.24, 2.45) is 0 Å². The van der Waals surface area contributed by atoms with Crippen molar-refractivity contribution in [1.29, 1.82) is 0 Å². The van der Waals surface area contributed by atoms with Gasteiger partial charge in [0.1, 0.15) is 5.52 Å². The normalized spacial score (nSPS) is 16.2. The molecule has 2 aromatic rings. The van der Waals surface area contributed by atoms with E-state index < -0.39 is 0 Å². The highest BCUT2D eigenvalue weighted by molar-refractivity contribution is 5.83. The summed E-state index contributed by atoms with van der Waals surface area (Å²) in [5.74, 6) is 0.897. The zero-order chi connectivity index (χ0) is 13.1. The van der Waals surface area contributed by atoms with Crippen LogP contribution in [0.15, 0.2) is 6.33 Å². The number of hydrogen-bond acceptors (Lipinski definition) is 6. The lowest BCUT2D eigenvalue weighted by molar-refractivity contribution is 0.0659. The molecule has 7 heteroatoms. The molecule has 2 aromatic heterocycles. The van der Waals surface area contributed by atoms with Crippen LogP contribution in [-0.4, -0.2) is 39.2 Å². The minimum Gasteiger partial charge on any atom is -0.376 e. The highest BCUT2D eigenvalue weighted by Gasteiger charge is 2.15. The number of aromatic amines is 1. The maximum atomic E-state index is 5.79. The van der Waals surface area contributed by atoms with Crippen molar-refractivity contribution in [2.75, 3.05) is 24.2 Å². The van der Waals surface area contributed by atoms with E-state index in [0.29, 0.717) is 30.7 Å². The Labute approximate surface area is 111 Å². The largest absolute Gasteiger partial charge is 0.376 e. The SMILES string of the molecule is Nc1nc(NCCOC2CCCC2)c2[nH]cnc2n1. The summed E-state index contributed by atoms with van der Waals surface area (Å²) in [5.41, 5.74) is 6.99. The van der Waals surface area contributed by atoms with Gasteiger partial charge in [-0.3, -0.25) is 0 Å². The van der Waals surface area contributed by atoms with Crippen molar-refractivity contribution in [1.82, 2.24) is 19.9 Å². The number of nitrogens with two attached hydrogens (primary N) is 1. The third-order valence-electron chi connectivity index (χ3n) is 3.35. The van der Waals surface area contributed by atoms with Gasteiger partial charge in [-0.1, -0.05) is 12.8 Å². The van der Waals surface area contributed by atoms with E-state index in [4.69, 9.17) is 10.5 Å². The molecule has 4 N–H and O–H groups in total. The zero-order valence-corrected chi connectivity index (χ0v) is 10.7. The molecule has 1 aliphatic rings. The first kappa shape index (κ1) is 12.2. The van der Waals surface area contributed by atoms with Crippen LogP contribution in [0.1, 0.15) is 25.7 Å². The van der Waals surface area contributed by atoms with Gasteiger partial charge in [-0.25, -0.2) is 4.98 Å². The minimum absolute atomic E-state index is 0.221.